The fourth-order valence-corrected chi connectivity index (χ4v) is 3.54. The van der Waals surface area contributed by atoms with Gasteiger partial charge in [0.1, 0.15) is 0 Å². The molecular formula is C10H21NO3S. The van der Waals surface area contributed by atoms with Crippen molar-refractivity contribution in [2.45, 2.75) is 45.1 Å². The van der Waals surface area contributed by atoms with Crippen LogP contribution in [0.25, 0.3) is 0 Å². The van der Waals surface area contributed by atoms with Crippen molar-refractivity contribution in [3.05, 3.63) is 0 Å². The zero-order chi connectivity index (χ0) is 11.3. The normalized spacial score (nSPS) is 18.9. The van der Waals surface area contributed by atoms with E-state index in [1.54, 1.807) is 11.2 Å². The van der Waals surface area contributed by atoms with Gasteiger partial charge in [-0.2, -0.15) is 4.31 Å². The summed E-state index contributed by atoms with van der Waals surface area (Å²) in [6.07, 6.45) is 4.74. The van der Waals surface area contributed by atoms with Gasteiger partial charge in [0, 0.05) is 19.2 Å². The molecule has 4 nitrogen and oxygen atoms in total. The summed E-state index contributed by atoms with van der Waals surface area (Å²) < 4.78 is 25.3. The van der Waals surface area contributed by atoms with Crippen LogP contribution in [0.3, 0.4) is 0 Å². The second-order valence-corrected chi connectivity index (χ2v) is 6.24. The second-order valence-electron chi connectivity index (χ2n) is 4.03. The van der Waals surface area contributed by atoms with E-state index < -0.39 is 10.0 Å². The van der Waals surface area contributed by atoms with Gasteiger partial charge in [0.05, 0.1) is 5.75 Å². The van der Waals surface area contributed by atoms with Crippen LogP contribution in [0.1, 0.15) is 39.0 Å². The summed E-state index contributed by atoms with van der Waals surface area (Å²) in [5, 5.41) is 8.77. The summed E-state index contributed by atoms with van der Waals surface area (Å²) in [5.74, 6) is 0.162. The Balaban J connectivity index is 2.68. The Morgan fingerprint density at radius 3 is 2.40 bits per heavy atom. The summed E-state index contributed by atoms with van der Waals surface area (Å²) in [7, 11) is -3.09. The number of aliphatic hydroxyl groups excluding tert-OH is 1. The third-order valence-corrected chi connectivity index (χ3v) is 4.92. The molecule has 0 unspecified atom stereocenters. The van der Waals surface area contributed by atoms with Gasteiger partial charge in [-0.15, -0.1) is 0 Å². The molecule has 0 aromatic heterocycles. The molecule has 0 aliphatic heterocycles. The zero-order valence-electron chi connectivity index (χ0n) is 9.35. The molecule has 0 atom stereocenters. The molecular weight excluding hydrogens is 214 g/mol. The van der Waals surface area contributed by atoms with Crippen LogP contribution >= 0.6 is 0 Å². The van der Waals surface area contributed by atoms with Crippen molar-refractivity contribution in [1.82, 2.24) is 4.31 Å². The lowest BCUT2D eigenvalue weighted by Gasteiger charge is -2.27. The molecule has 15 heavy (non-hydrogen) atoms. The maximum atomic E-state index is 11.8. The summed E-state index contributed by atoms with van der Waals surface area (Å²) in [6.45, 7) is 2.20. The highest BCUT2D eigenvalue weighted by atomic mass is 32.2. The van der Waals surface area contributed by atoms with Crippen LogP contribution in [0.15, 0.2) is 0 Å². The molecule has 0 aromatic rings. The summed E-state index contributed by atoms with van der Waals surface area (Å²) >= 11 is 0. The summed E-state index contributed by atoms with van der Waals surface area (Å²) in [5.41, 5.74) is 0. The smallest absolute Gasteiger partial charge is 0.214 e. The van der Waals surface area contributed by atoms with Crippen LogP contribution < -0.4 is 0 Å². The molecule has 5 heteroatoms. The largest absolute Gasteiger partial charge is 0.396 e. The molecule has 90 valence electrons. The average Bonchev–Trinajstić information content (AvgIpc) is 2.71. The molecule has 1 N–H and O–H groups in total. The highest BCUT2D eigenvalue weighted by molar-refractivity contribution is 7.89. The van der Waals surface area contributed by atoms with Gasteiger partial charge in [0.25, 0.3) is 0 Å². The molecule has 1 saturated carbocycles. The molecule has 1 fully saturated rings. The molecule has 0 aromatic carbocycles. The molecule has 0 bridgehead atoms. The molecule has 1 rings (SSSR count). The van der Waals surface area contributed by atoms with E-state index in [-0.39, 0.29) is 18.4 Å². The van der Waals surface area contributed by atoms with Gasteiger partial charge >= 0.3 is 0 Å². The fraction of sp³-hybridized carbons (Fsp3) is 1.00. The summed E-state index contributed by atoms with van der Waals surface area (Å²) in [6, 6.07) is 0.182. The topological polar surface area (TPSA) is 57.6 Å². The van der Waals surface area contributed by atoms with Gasteiger partial charge < -0.3 is 5.11 Å². The van der Waals surface area contributed by atoms with Gasteiger partial charge in [0.15, 0.2) is 0 Å². The molecule has 0 saturated heterocycles. The van der Waals surface area contributed by atoms with Gasteiger partial charge in [0.2, 0.25) is 10.0 Å². The van der Waals surface area contributed by atoms with Crippen molar-refractivity contribution in [3.8, 4) is 0 Å². The Labute approximate surface area is 92.3 Å². The highest BCUT2D eigenvalue weighted by Crippen LogP contribution is 2.25. The third-order valence-electron chi connectivity index (χ3n) is 2.99. The molecule has 0 heterocycles. The van der Waals surface area contributed by atoms with Gasteiger partial charge in [-0.1, -0.05) is 12.8 Å². The molecule has 1 aliphatic carbocycles. The lowest BCUT2D eigenvalue weighted by atomic mass is 10.2. The number of rotatable bonds is 6. The minimum atomic E-state index is -3.09. The number of hydrogen-bond donors (Lipinski definition) is 1. The predicted octanol–water partition coefficient (Wildman–Crippen LogP) is 0.963. The van der Waals surface area contributed by atoms with E-state index in [0.29, 0.717) is 13.0 Å². The third kappa shape index (κ3) is 3.43. The van der Waals surface area contributed by atoms with E-state index in [0.717, 1.165) is 25.7 Å². The predicted molar refractivity (Wildman–Crippen MR) is 60.1 cm³/mol. The van der Waals surface area contributed by atoms with E-state index in [1.807, 2.05) is 0 Å². The van der Waals surface area contributed by atoms with Gasteiger partial charge in [-0.3, -0.25) is 0 Å². The first-order chi connectivity index (χ1) is 7.11. The maximum absolute atomic E-state index is 11.8. The van der Waals surface area contributed by atoms with Crippen LogP contribution in [0.2, 0.25) is 0 Å². The lowest BCUT2D eigenvalue weighted by molar-refractivity contribution is 0.250. The molecule has 0 amide bonds. The van der Waals surface area contributed by atoms with E-state index in [9.17, 15) is 8.42 Å². The highest BCUT2D eigenvalue weighted by Gasteiger charge is 2.30. The van der Waals surface area contributed by atoms with E-state index in [1.165, 1.54) is 0 Å². The van der Waals surface area contributed by atoms with Crippen molar-refractivity contribution < 1.29 is 13.5 Å². The first-order valence-corrected chi connectivity index (χ1v) is 7.33. The van der Waals surface area contributed by atoms with Crippen LogP contribution in [0.4, 0.5) is 0 Å². The fourth-order valence-electron chi connectivity index (χ4n) is 2.13. The Morgan fingerprint density at radius 2 is 1.93 bits per heavy atom. The van der Waals surface area contributed by atoms with Crippen LogP contribution in [-0.2, 0) is 10.0 Å². The Kier molecular flexibility index (Phi) is 5.02. The standard InChI is InChI=1S/C10H21NO3S/c1-2-15(13,14)11(8-5-9-12)10-6-3-4-7-10/h10,12H,2-9H2,1H3. The van der Waals surface area contributed by atoms with E-state index in [4.69, 9.17) is 5.11 Å². The zero-order valence-corrected chi connectivity index (χ0v) is 10.2. The number of sulfonamides is 1. The van der Waals surface area contributed by atoms with E-state index >= 15 is 0 Å². The first kappa shape index (κ1) is 12.9. The quantitative estimate of drug-likeness (QED) is 0.746. The Morgan fingerprint density at radius 1 is 1.33 bits per heavy atom. The van der Waals surface area contributed by atoms with Crippen molar-refractivity contribution in [2.24, 2.45) is 0 Å². The van der Waals surface area contributed by atoms with Crippen molar-refractivity contribution in [3.63, 3.8) is 0 Å². The number of aliphatic hydroxyl groups is 1. The second kappa shape index (κ2) is 5.82. The lowest BCUT2D eigenvalue weighted by Crippen LogP contribution is -2.40. The monoisotopic (exact) mass is 235 g/mol. The average molecular weight is 235 g/mol. The van der Waals surface area contributed by atoms with Gasteiger partial charge in [-0.25, -0.2) is 8.42 Å². The van der Waals surface area contributed by atoms with Crippen LogP contribution in [0, 0.1) is 0 Å². The van der Waals surface area contributed by atoms with Crippen molar-refractivity contribution in [2.75, 3.05) is 18.9 Å². The minimum Gasteiger partial charge on any atom is -0.396 e. The number of nitrogens with zero attached hydrogens (tertiary/aromatic N) is 1. The van der Waals surface area contributed by atoms with Crippen LogP contribution in [-0.4, -0.2) is 42.8 Å². The van der Waals surface area contributed by atoms with Crippen LogP contribution in [0.5, 0.6) is 0 Å². The van der Waals surface area contributed by atoms with Gasteiger partial charge in [-0.05, 0) is 26.2 Å². The summed E-state index contributed by atoms with van der Waals surface area (Å²) in [4.78, 5) is 0. The SMILES string of the molecule is CCS(=O)(=O)N(CCCO)C1CCCC1. The maximum Gasteiger partial charge on any atom is 0.214 e. The van der Waals surface area contributed by atoms with E-state index in [2.05, 4.69) is 0 Å². The minimum absolute atomic E-state index is 0.0580. The molecule has 0 radical (unpaired) electrons. The number of hydrogen-bond acceptors (Lipinski definition) is 3. The van der Waals surface area contributed by atoms with Crippen molar-refractivity contribution in [1.29, 1.82) is 0 Å². The molecule has 0 spiro atoms. The van der Waals surface area contributed by atoms with Crippen molar-refractivity contribution >= 4 is 10.0 Å². The Hall–Kier alpha value is -0.130. The molecule has 1 aliphatic rings. The first-order valence-electron chi connectivity index (χ1n) is 5.72. The Bertz CT molecular complexity index is 270.